The molecule has 0 aliphatic carbocycles. The summed E-state index contributed by atoms with van der Waals surface area (Å²) in [5.41, 5.74) is 0.805. The van der Waals surface area contributed by atoms with Gasteiger partial charge in [0.05, 0.1) is 27.8 Å². The summed E-state index contributed by atoms with van der Waals surface area (Å²) in [5, 5.41) is 5.94. The molecule has 1 aromatic rings. The standard InChI is InChI=1S/C15H24N2O4/c1-10(16-2)9-17-14(18)8-11-6-12(19-3)15(21-5)13(7-11)20-4/h6-7,10,16H,8-9H2,1-5H3,(H,17,18). The minimum absolute atomic E-state index is 0.0497. The van der Waals surface area contributed by atoms with E-state index in [1.165, 1.54) is 0 Å². The fourth-order valence-electron chi connectivity index (χ4n) is 1.85. The number of likely N-dealkylation sites (N-methyl/N-ethyl adjacent to an activating group) is 1. The molecule has 0 spiro atoms. The number of hydrogen-bond acceptors (Lipinski definition) is 5. The molecule has 0 aromatic heterocycles. The Bertz CT molecular complexity index is 452. The topological polar surface area (TPSA) is 68.8 Å². The van der Waals surface area contributed by atoms with E-state index < -0.39 is 0 Å². The molecule has 118 valence electrons. The molecule has 0 fully saturated rings. The number of benzene rings is 1. The van der Waals surface area contributed by atoms with Crippen LogP contribution in [0.5, 0.6) is 17.2 Å². The number of hydrogen-bond donors (Lipinski definition) is 2. The summed E-state index contributed by atoms with van der Waals surface area (Å²) in [5.74, 6) is 1.56. The van der Waals surface area contributed by atoms with Gasteiger partial charge in [-0.3, -0.25) is 4.79 Å². The van der Waals surface area contributed by atoms with Gasteiger partial charge in [0.25, 0.3) is 0 Å². The SMILES string of the molecule is CNC(C)CNC(=O)Cc1cc(OC)c(OC)c(OC)c1. The Labute approximate surface area is 125 Å². The quantitative estimate of drug-likeness (QED) is 0.748. The summed E-state index contributed by atoms with van der Waals surface area (Å²) in [6.07, 6.45) is 0.257. The first kappa shape index (κ1) is 17.1. The molecule has 0 saturated carbocycles. The van der Waals surface area contributed by atoms with Gasteiger partial charge in [-0.25, -0.2) is 0 Å². The van der Waals surface area contributed by atoms with E-state index in [0.717, 1.165) is 5.56 Å². The Hall–Kier alpha value is -1.95. The predicted molar refractivity (Wildman–Crippen MR) is 81.3 cm³/mol. The lowest BCUT2D eigenvalue weighted by Crippen LogP contribution is -2.37. The van der Waals surface area contributed by atoms with Crippen molar-refractivity contribution < 1.29 is 19.0 Å². The van der Waals surface area contributed by atoms with E-state index >= 15 is 0 Å². The van der Waals surface area contributed by atoms with E-state index in [0.29, 0.717) is 23.8 Å². The van der Waals surface area contributed by atoms with Crippen LogP contribution in [0.4, 0.5) is 0 Å². The minimum Gasteiger partial charge on any atom is -0.493 e. The Morgan fingerprint density at radius 3 is 2.14 bits per heavy atom. The number of ether oxygens (including phenoxy) is 3. The maximum atomic E-state index is 11.9. The van der Waals surface area contributed by atoms with Crippen LogP contribution in [0.15, 0.2) is 12.1 Å². The first-order valence-corrected chi connectivity index (χ1v) is 6.78. The molecule has 1 atom stereocenters. The zero-order valence-electron chi connectivity index (χ0n) is 13.3. The van der Waals surface area contributed by atoms with Crippen molar-refractivity contribution in [1.82, 2.24) is 10.6 Å². The summed E-state index contributed by atoms with van der Waals surface area (Å²) in [6, 6.07) is 3.79. The Kier molecular flexibility index (Phi) is 6.81. The molecule has 0 aliphatic heterocycles. The van der Waals surface area contributed by atoms with Crippen molar-refractivity contribution in [2.45, 2.75) is 19.4 Å². The summed E-state index contributed by atoms with van der Waals surface area (Å²) in [4.78, 5) is 11.9. The maximum absolute atomic E-state index is 11.9. The lowest BCUT2D eigenvalue weighted by atomic mass is 10.1. The lowest BCUT2D eigenvalue weighted by molar-refractivity contribution is -0.120. The first-order chi connectivity index (χ1) is 10.0. The zero-order valence-corrected chi connectivity index (χ0v) is 13.3. The van der Waals surface area contributed by atoms with Gasteiger partial charge in [0, 0.05) is 12.6 Å². The van der Waals surface area contributed by atoms with Crippen LogP contribution in [0, 0.1) is 0 Å². The second-order valence-electron chi connectivity index (χ2n) is 4.70. The molecular formula is C15H24N2O4. The highest BCUT2D eigenvalue weighted by Gasteiger charge is 2.15. The number of nitrogens with one attached hydrogen (secondary N) is 2. The van der Waals surface area contributed by atoms with E-state index in [1.807, 2.05) is 14.0 Å². The van der Waals surface area contributed by atoms with Crippen LogP contribution >= 0.6 is 0 Å². The molecule has 1 aromatic carbocycles. The van der Waals surface area contributed by atoms with Crippen molar-refractivity contribution in [3.05, 3.63) is 17.7 Å². The third-order valence-electron chi connectivity index (χ3n) is 3.19. The summed E-state index contributed by atoms with van der Waals surface area (Å²) < 4.78 is 15.8. The van der Waals surface area contributed by atoms with E-state index in [2.05, 4.69) is 10.6 Å². The third-order valence-corrected chi connectivity index (χ3v) is 3.19. The average Bonchev–Trinajstić information content (AvgIpc) is 2.51. The van der Waals surface area contributed by atoms with Gasteiger partial charge < -0.3 is 24.8 Å². The molecule has 2 N–H and O–H groups in total. The van der Waals surface area contributed by atoms with Crippen molar-refractivity contribution in [3.8, 4) is 17.2 Å². The number of carbonyl (C=O) groups excluding carboxylic acids is 1. The van der Waals surface area contributed by atoms with Gasteiger partial charge in [0.15, 0.2) is 11.5 Å². The molecule has 6 nitrogen and oxygen atoms in total. The number of amides is 1. The van der Waals surface area contributed by atoms with Gasteiger partial charge in [0.2, 0.25) is 11.7 Å². The van der Waals surface area contributed by atoms with Gasteiger partial charge in [-0.05, 0) is 31.7 Å². The number of methoxy groups -OCH3 is 3. The smallest absolute Gasteiger partial charge is 0.224 e. The minimum atomic E-state index is -0.0497. The highest BCUT2D eigenvalue weighted by molar-refractivity contribution is 5.79. The largest absolute Gasteiger partial charge is 0.493 e. The fourth-order valence-corrected chi connectivity index (χ4v) is 1.85. The molecule has 0 saturated heterocycles. The highest BCUT2D eigenvalue weighted by atomic mass is 16.5. The predicted octanol–water partition coefficient (Wildman–Crippen LogP) is 0.979. The van der Waals surface area contributed by atoms with Crippen LogP contribution in [0.3, 0.4) is 0 Å². The molecule has 1 rings (SSSR count). The summed E-state index contributed by atoms with van der Waals surface area (Å²) in [6.45, 7) is 2.58. The Morgan fingerprint density at radius 1 is 1.14 bits per heavy atom. The second kappa shape index (κ2) is 8.36. The van der Waals surface area contributed by atoms with Gasteiger partial charge in [-0.2, -0.15) is 0 Å². The van der Waals surface area contributed by atoms with Crippen LogP contribution in [-0.2, 0) is 11.2 Å². The second-order valence-corrected chi connectivity index (χ2v) is 4.70. The Balaban J connectivity index is 2.81. The van der Waals surface area contributed by atoms with Crippen molar-refractivity contribution >= 4 is 5.91 Å². The van der Waals surface area contributed by atoms with E-state index in [-0.39, 0.29) is 18.4 Å². The summed E-state index contributed by atoms with van der Waals surface area (Å²) >= 11 is 0. The molecule has 0 heterocycles. The maximum Gasteiger partial charge on any atom is 0.224 e. The van der Waals surface area contributed by atoms with Crippen molar-refractivity contribution in [3.63, 3.8) is 0 Å². The third kappa shape index (κ3) is 4.82. The fraction of sp³-hybridized carbons (Fsp3) is 0.533. The van der Waals surface area contributed by atoms with Gasteiger partial charge in [-0.15, -0.1) is 0 Å². The molecule has 0 bridgehead atoms. The first-order valence-electron chi connectivity index (χ1n) is 6.78. The summed E-state index contributed by atoms with van der Waals surface area (Å²) in [7, 11) is 6.51. The molecule has 0 radical (unpaired) electrons. The van der Waals surface area contributed by atoms with Crippen molar-refractivity contribution in [1.29, 1.82) is 0 Å². The van der Waals surface area contributed by atoms with Crippen LogP contribution in [0.25, 0.3) is 0 Å². The molecule has 1 amide bonds. The van der Waals surface area contributed by atoms with E-state index in [1.54, 1.807) is 33.5 Å². The van der Waals surface area contributed by atoms with E-state index in [4.69, 9.17) is 14.2 Å². The Morgan fingerprint density at radius 2 is 1.71 bits per heavy atom. The van der Waals surface area contributed by atoms with Crippen LogP contribution in [0.1, 0.15) is 12.5 Å². The number of carbonyl (C=O) groups is 1. The molecule has 1 unspecified atom stereocenters. The highest BCUT2D eigenvalue weighted by Crippen LogP contribution is 2.38. The van der Waals surface area contributed by atoms with Crippen LogP contribution < -0.4 is 24.8 Å². The van der Waals surface area contributed by atoms with Gasteiger partial charge >= 0.3 is 0 Å². The lowest BCUT2D eigenvalue weighted by Gasteiger charge is -2.15. The van der Waals surface area contributed by atoms with Crippen molar-refractivity contribution in [2.24, 2.45) is 0 Å². The van der Waals surface area contributed by atoms with Crippen LogP contribution in [-0.4, -0.2) is 46.9 Å². The monoisotopic (exact) mass is 296 g/mol. The zero-order chi connectivity index (χ0) is 15.8. The number of rotatable bonds is 8. The molecule has 6 heteroatoms. The molecule has 21 heavy (non-hydrogen) atoms. The van der Waals surface area contributed by atoms with Crippen LogP contribution in [0.2, 0.25) is 0 Å². The average molecular weight is 296 g/mol. The van der Waals surface area contributed by atoms with Gasteiger partial charge in [-0.1, -0.05) is 0 Å². The normalized spacial score (nSPS) is 11.7. The van der Waals surface area contributed by atoms with Crippen molar-refractivity contribution in [2.75, 3.05) is 34.9 Å². The van der Waals surface area contributed by atoms with Gasteiger partial charge in [0.1, 0.15) is 0 Å². The van der Waals surface area contributed by atoms with E-state index in [9.17, 15) is 4.79 Å². The molecule has 0 aliphatic rings. The molecular weight excluding hydrogens is 272 g/mol.